The number of halogens is 2. The molecule has 3 fully saturated rings. The smallest absolute Gasteiger partial charge is 0.166 e. The normalized spacial score (nSPS) is 36.0. The predicted octanol–water partition coefficient (Wildman–Crippen LogP) is 8.02. The Morgan fingerprint density at radius 2 is 1.42 bits per heavy atom. The highest BCUT2D eigenvalue weighted by molar-refractivity contribution is 5.67. The molecule has 1 saturated heterocycles. The molecule has 2 unspecified atom stereocenters. The SMILES string of the molecule is C=CC1CCC(C2CCC(C3CC=C(c4ccc(C5CO5)c(F)c4F)CC3)CC2)CC1. The molecule has 1 nitrogen and oxygen atoms in total. The first-order valence-corrected chi connectivity index (χ1v) is 12.6. The van der Waals surface area contributed by atoms with Gasteiger partial charge in [0, 0.05) is 11.1 Å². The molecule has 1 aromatic carbocycles. The summed E-state index contributed by atoms with van der Waals surface area (Å²) in [6, 6.07) is 3.47. The van der Waals surface area contributed by atoms with Crippen molar-refractivity contribution in [3.8, 4) is 0 Å². The lowest BCUT2D eigenvalue weighted by Crippen LogP contribution is -2.28. The largest absolute Gasteiger partial charge is 0.368 e. The van der Waals surface area contributed by atoms with E-state index in [1.165, 1.54) is 51.4 Å². The predicted molar refractivity (Wildman–Crippen MR) is 121 cm³/mol. The fourth-order valence-corrected chi connectivity index (χ4v) is 6.76. The minimum absolute atomic E-state index is 0.250. The van der Waals surface area contributed by atoms with Crippen molar-refractivity contribution in [1.29, 1.82) is 0 Å². The number of hydrogen-bond acceptors (Lipinski definition) is 1. The van der Waals surface area contributed by atoms with E-state index in [1.807, 2.05) is 0 Å². The summed E-state index contributed by atoms with van der Waals surface area (Å²) in [4.78, 5) is 0. The third-order valence-electron chi connectivity index (χ3n) is 8.89. The first-order valence-electron chi connectivity index (χ1n) is 12.6. The minimum atomic E-state index is -0.719. The Labute approximate surface area is 186 Å². The Kier molecular flexibility index (Phi) is 6.32. The average molecular weight is 427 g/mol. The Morgan fingerprint density at radius 3 is 1.97 bits per heavy atom. The van der Waals surface area contributed by atoms with Crippen LogP contribution in [0.15, 0.2) is 30.9 Å². The minimum Gasteiger partial charge on any atom is -0.368 e. The van der Waals surface area contributed by atoms with Crippen LogP contribution in [-0.4, -0.2) is 6.61 Å². The number of allylic oxidation sites excluding steroid dienone is 3. The van der Waals surface area contributed by atoms with Crippen molar-refractivity contribution in [1.82, 2.24) is 0 Å². The zero-order chi connectivity index (χ0) is 21.4. The molecule has 0 bridgehead atoms. The molecule has 0 spiro atoms. The molecule has 1 aliphatic heterocycles. The highest BCUT2D eigenvalue weighted by atomic mass is 19.2. The van der Waals surface area contributed by atoms with E-state index in [2.05, 4.69) is 18.7 Å². The van der Waals surface area contributed by atoms with E-state index in [0.29, 0.717) is 23.7 Å². The second-order valence-electron chi connectivity index (χ2n) is 10.5. The summed E-state index contributed by atoms with van der Waals surface area (Å²) >= 11 is 0. The van der Waals surface area contributed by atoms with Gasteiger partial charge >= 0.3 is 0 Å². The van der Waals surface area contributed by atoms with Crippen molar-refractivity contribution < 1.29 is 13.5 Å². The summed E-state index contributed by atoms with van der Waals surface area (Å²) < 4.78 is 34.2. The molecule has 0 N–H and O–H groups in total. The molecule has 1 aromatic rings. The molecular formula is C28H36F2O. The van der Waals surface area contributed by atoms with Gasteiger partial charge in [-0.25, -0.2) is 8.78 Å². The third-order valence-corrected chi connectivity index (χ3v) is 8.89. The summed E-state index contributed by atoms with van der Waals surface area (Å²) in [5.74, 6) is 2.75. The zero-order valence-electron chi connectivity index (χ0n) is 18.6. The summed E-state index contributed by atoms with van der Waals surface area (Å²) in [7, 11) is 0. The van der Waals surface area contributed by atoms with E-state index >= 15 is 0 Å². The Bertz CT molecular complexity index is 824. The number of ether oxygens (including phenoxy) is 1. The fraction of sp³-hybridized carbons (Fsp3) is 0.643. The van der Waals surface area contributed by atoms with Crippen LogP contribution < -0.4 is 0 Å². The molecule has 0 amide bonds. The Morgan fingerprint density at radius 1 is 0.806 bits per heavy atom. The Hall–Kier alpha value is -1.48. The number of hydrogen-bond donors (Lipinski definition) is 0. The molecule has 2 saturated carbocycles. The van der Waals surface area contributed by atoms with Crippen molar-refractivity contribution in [2.24, 2.45) is 29.6 Å². The first-order chi connectivity index (χ1) is 15.1. The molecule has 3 heteroatoms. The third kappa shape index (κ3) is 4.53. The maximum atomic E-state index is 14.7. The van der Waals surface area contributed by atoms with Crippen molar-refractivity contribution in [3.05, 3.63) is 53.6 Å². The standard InChI is InChI=1S/C28H36F2O/c1-2-18-3-5-19(6-4-18)20-7-9-21(10-8-20)22-11-13-23(14-12-22)24-15-16-25(26-17-31-26)28(30)27(24)29/h2,13,15-16,18-22,26H,1,3-12,14,17H2. The van der Waals surface area contributed by atoms with Gasteiger partial charge in [0.25, 0.3) is 0 Å². The molecule has 2 atom stereocenters. The highest BCUT2D eigenvalue weighted by Crippen LogP contribution is 2.46. The molecule has 3 aliphatic carbocycles. The van der Waals surface area contributed by atoms with Gasteiger partial charge in [-0.15, -0.1) is 6.58 Å². The maximum absolute atomic E-state index is 14.7. The molecule has 5 rings (SSSR count). The van der Waals surface area contributed by atoms with Crippen LogP contribution in [0.4, 0.5) is 8.78 Å². The zero-order valence-corrected chi connectivity index (χ0v) is 18.6. The lowest BCUT2D eigenvalue weighted by molar-refractivity contribution is 0.128. The average Bonchev–Trinajstić information content (AvgIpc) is 3.67. The lowest BCUT2D eigenvalue weighted by Gasteiger charge is -2.40. The van der Waals surface area contributed by atoms with Gasteiger partial charge in [-0.1, -0.05) is 24.3 Å². The molecule has 0 radical (unpaired) electrons. The van der Waals surface area contributed by atoms with Crippen LogP contribution in [0.3, 0.4) is 0 Å². The number of benzene rings is 1. The molecule has 31 heavy (non-hydrogen) atoms. The first kappa shape index (κ1) is 21.4. The van der Waals surface area contributed by atoms with Crippen molar-refractivity contribution in [2.45, 2.75) is 76.7 Å². The quantitative estimate of drug-likeness (QED) is 0.343. The topological polar surface area (TPSA) is 12.5 Å². The van der Waals surface area contributed by atoms with Gasteiger partial charge in [0.1, 0.15) is 6.10 Å². The second-order valence-corrected chi connectivity index (χ2v) is 10.5. The summed E-state index contributed by atoms with van der Waals surface area (Å²) in [5, 5.41) is 0. The van der Waals surface area contributed by atoms with Crippen molar-refractivity contribution in [2.75, 3.05) is 6.61 Å². The molecule has 1 heterocycles. The van der Waals surface area contributed by atoms with Crippen LogP contribution >= 0.6 is 0 Å². The van der Waals surface area contributed by atoms with Gasteiger partial charge in [-0.2, -0.15) is 0 Å². The molecular weight excluding hydrogens is 390 g/mol. The van der Waals surface area contributed by atoms with Crippen LogP contribution in [0.2, 0.25) is 0 Å². The van der Waals surface area contributed by atoms with Gasteiger partial charge in [-0.05, 0) is 106 Å². The van der Waals surface area contributed by atoms with Crippen LogP contribution in [0.1, 0.15) is 87.9 Å². The van der Waals surface area contributed by atoms with E-state index in [1.54, 1.807) is 12.1 Å². The monoisotopic (exact) mass is 426 g/mol. The second kappa shape index (κ2) is 9.17. The van der Waals surface area contributed by atoms with Gasteiger partial charge in [0.05, 0.1) is 6.61 Å². The van der Waals surface area contributed by atoms with Crippen LogP contribution in [-0.2, 0) is 4.74 Å². The number of epoxide rings is 1. The van der Waals surface area contributed by atoms with Gasteiger partial charge < -0.3 is 4.74 Å². The summed E-state index contributed by atoms with van der Waals surface area (Å²) in [6.07, 6.45) is 18.1. The highest BCUT2D eigenvalue weighted by Gasteiger charge is 2.34. The van der Waals surface area contributed by atoms with E-state index < -0.39 is 11.6 Å². The van der Waals surface area contributed by atoms with Crippen LogP contribution in [0.25, 0.3) is 5.57 Å². The van der Waals surface area contributed by atoms with Crippen LogP contribution in [0, 0.1) is 41.2 Å². The van der Waals surface area contributed by atoms with E-state index in [-0.39, 0.29) is 6.10 Å². The Balaban J connectivity index is 1.15. The lowest BCUT2D eigenvalue weighted by atomic mass is 9.66. The summed E-state index contributed by atoms with van der Waals surface area (Å²) in [6.45, 7) is 4.48. The van der Waals surface area contributed by atoms with Crippen molar-refractivity contribution >= 4 is 5.57 Å². The van der Waals surface area contributed by atoms with Gasteiger partial charge in [0.15, 0.2) is 11.6 Å². The van der Waals surface area contributed by atoms with Crippen LogP contribution in [0.5, 0.6) is 0 Å². The van der Waals surface area contributed by atoms with Gasteiger partial charge in [-0.3, -0.25) is 0 Å². The molecule has 0 aromatic heterocycles. The van der Waals surface area contributed by atoms with E-state index in [0.717, 1.165) is 48.5 Å². The molecule has 168 valence electrons. The van der Waals surface area contributed by atoms with E-state index in [4.69, 9.17) is 4.74 Å². The summed E-state index contributed by atoms with van der Waals surface area (Å²) in [5.41, 5.74) is 1.81. The number of rotatable bonds is 5. The van der Waals surface area contributed by atoms with E-state index in [9.17, 15) is 8.78 Å². The van der Waals surface area contributed by atoms with Crippen molar-refractivity contribution in [3.63, 3.8) is 0 Å². The maximum Gasteiger partial charge on any atom is 0.166 e. The molecule has 4 aliphatic rings. The van der Waals surface area contributed by atoms with Gasteiger partial charge in [0.2, 0.25) is 0 Å². The fourth-order valence-electron chi connectivity index (χ4n) is 6.76.